The molecule has 0 saturated heterocycles. The summed E-state index contributed by atoms with van der Waals surface area (Å²) >= 11 is 0. The SMILES string of the molecule is C=CCOCC[Si](CCOCC=C)(OC)OC. The van der Waals surface area contributed by atoms with Crippen molar-refractivity contribution < 1.29 is 18.3 Å². The maximum Gasteiger partial charge on any atom is 0.342 e. The molecule has 0 bridgehead atoms. The van der Waals surface area contributed by atoms with Gasteiger partial charge in [-0.3, -0.25) is 0 Å². The van der Waals surface area contributed by atoms with E-state index in [2.05, 4.69) is 13.2 Å². The van der Waals surface area contributed by atoms with E-state index in [1.165, 1.54) is 0 Å². The van der Waals surface area contributed by atoms with Gasteiger partial charge in [-0.25, -0.2) is 0 Å². The van der Waals surface area contributed by atoms with E-state index in [1.54, 1.807) is 26.4 Å². The third-order valence-electron chi connectivity index (χ3n) is 2.47. The summed E-state index contributed by atoms with van der Waals surface area (Å²) in [6.07, 6.45) is 3.46. The summed E-state index contributed by atoms with van der Waals surface area (Å²) in [5, 5.41) is 0. The standard InChI is InChI=1S/C12H24O4Si/c1-5-7-15-9-11-17(13-3,14-4)12-10-16-8-6-2/h5-6H,1-2,7-12H2,3-4H3. The van der Waals surface area contributed by atoms with Crippen molar-refractivity contribution in [3.63, 3.8) is 0 Å². The van der Waals surface area contributed by atoms with Crippen LogP contribution in [0, 0.1) is 0 Å². The van der Waals surface area contributed by atoms with Gasteiger partial charge in [0.2, 0.25) is 0 Å². The number of hydrogen-bond donors (Lipinski definition) is 0. The van der Waals surface area contributed by atoms with Crippen LogP contribution in [0.15, 0.2) is 25.3 Å². The molecule has 0 aromatic rings. The van der Waals surface area contributed by atoms with E-state index in [-0.39, 0.29) is 0 Å². The van der Waals surface area contributed by atoms with Crippen molar-refractivity contribution in [3.8, 4) is 0 Å². The summed E-state index contributed by atoms with van der Waals surface area (Å²) in [5.74, 6) is 0. The van der Waals surface area contributed by atoms with Crippen molar-refractivity contribution in [1.29, 1.82) is 0 Å². The topological polar surface area (TPSA) is 36.9 Å². The highest BCUT2D eigenvalue weighted by molar-refractivity contribution is 6.67. The number of hydrogen-bond acceptors (Lipinski definition) is 4. The number of rotatable bonds is 12. The average molecular weight is 260 g/mol. The normalized spacial score (nSPS) is 11.4. The molecule has 0 saturated carbocycles. The van der Waals surface area contributed by atoms with Crippen LogP contribution >= 0.6 is 0 Å². The van der Waals surface area contributed by atoms with Gasteiger partial charge in [-0.15, -0.1) is 13.2 Å². The molecule has 0 aliphatic rings. The van der Waals surface area contributed by atoms with Gasteiger partial charge in [0.1, 0.15) is 0 Å². The van der Waals surface area contributed by atoms with E-state index in [9.17, 15) is 0 Å². The summed E-state index contributed by atoms with van der Waals surface area (Å²) in [6, 6.07) is 1.59. The van der Waals surface area contributed by atoms with E-state index in [0.29, 0.717) is 26.4 Å². The summed E-state index contributed by atoms with van der Waals surface area (Å²) in [5.41, 5.74) is 0. The Morgan fingerprint density at radius 3 is 1.59 bits per heavy atom. The second-order valence-corrected chi connectivity index (χ2v) is 7.18. The predicted octanol–water partition coefficient (Wildman–Crippen LogP) is 2.13. The molecule has 0 atom stereocenters. The van der Waals surface area contributed by atoms with Crippen molar-refractivity contribution in [2.45, 2.75) is 12.1 Å². The Bertz CT molecular complexity index is 187. The number of ether oxygens (including phenoxy) is 2. The van der Waals surface area contributed by atoms with Gasteiger partial charge in [0, 0.05) is 39.5 Å². The summed E-state index contributed by atoms with van der Waals surface area (Å²) in [7, 11) is 1.22. The molecule has 0 fully saturated rings. The average Bonchev–Trinajstić information content (AvgIpc) is 2.37. The van der Waals surface area contributed by atoms with Gasteiger partial charge in [0.15, 0.2) is 0 Å². The molecular weight excluding hydrogens is 236 g/mol. The van der Waals surface area contributed by atoms with Crippen molar-refractivity contribution in [2.75, 3.05) is 40.6 Å². The van der Waals surface area contributed by atoms with Gasteiger partial charge in [0.25, 0.3) is 0 Å². The molecule has 0 heterocycles. The van der Waals surface area contributed by atoms with E-state index in [1.807, 2.05) is 0 Å². The molecule has 0 spiro atoms. The fraction of sp³-hybridized carbons (Fsp3) is 0.667. The Morgan fingerprint density at radius 1 is 0.882 bits per heavy atom. The van der Waals surface area contributed by atoms with Crippen LogP contribution in [0.1, 0.15) is 0 Å². The van der Waals surface area contributed by atoms with Gasteiger partial charge in [-0.1, -0.05) is 12.2 Å². The first-order valence-corrected chi connectivity index (χ1v) is 7.95. The van der Waals surface area contributed by atoms with Crippen LogP contribution in [0.2, 0.25) is 12.1 Å². The van der Waals surface area contributed by atoms with E-state index in [0.717, 1.165) is 12.1 Å². The zero-order valence-corrected chi connectivity index (χ0v) is 11.9. The highest BCUT2D eigenvalue weighted by atomic mass is 28.4. The molecule has 0 aliphatic heterocycles. The summed E-state index contributed by atoms with van der Waals surface area (Å²) in [6.45, 7) is 9.57. The molecule has 0 aromatic heterocycles. The molecule has 0 amide bonds. The monoisotopic (exact) mass is 260 g/mol. The molecule has 0 rings (SSSR count). The third-order valence-corrected chi connectivity index (χ3v) is 5.89. The maximum absolute atomic E-state index is 5.55. The zero-order valence-electron chi connectivity index (χ0n) is 10.9. The lowest BCUT2D eigenvalue weighted by Gasteiger charge is -2.27. The predicted molar refractivity (Wildman–Crippen MR) is 71.4 cm³/mol. The van der Waals surface area contributed by atoms with Crippen LogP contribution < -0.4 is 0 Å². The first-order valence-electron chi connectivity index (χ1n) is 5.72. The van der Waals surface area contributed by atoms with Crippen molar-refractivity contribution in [1.82, 2.24) is 0 Å². The molecule has 0 radical (unpaired) electrons. The molecule has 17 heavy (non-hydrogen) atoms. The van der Waals surface area contributed by atoms with Crippen molar-refractivity contribution >= 4 is 8.56 Å². The second-order valence-electron chi connectivity index (χ2n) is 3.55. The smallest absolute Gasteiger partial charge is 0.342 e. The van der Waals surface area contributed by atoms with E-state index < -0.39 is 8.56 Å². The van der Waals surface area contributed by atoms with Gasteiger partial charge in [-0.05, 0) is 0 Å². The Hall–Kier alpha value is -0.463. The fourth-order valence-corrected chi connectivity index (χ4v) is 3.55. The Kier molecular flexibility index (Phi) is 10.4. The Balaban J connectivity index is 3.96. The quantitative estimate of drug-likeness (QED) is 0.306. The fourth-order valence-electron chi connectivity index (χ4n) is 1.41. The van der Waals surface area contributed by atoms with Gasteiger partial charge < -0.3 is 18.3 Å². The maximum atomic E-state index is 5.55. The Morgan fingerprint density at radius 2 is 1.29 bits per heavy atom. The molecule has 0 aliphatic carbocycles. The molecule has 5 heteroatoms. The van der Waals surface area contributed by atoms with E-state index in [4.69, 9.17) is 18.3 Å². The van der Waals surface area contributed by atoms with Gasteiger partial charge in [-0.2, -0.15) is 0 Å². The van der Waals surface area contributed by atoms with E-state index >= 15 is 0 Å². The van der Waals surface area contributed by atoms with Gasteiger partial charge >= 0.3 is 8.56 Å². The Labute approximate surface area is 105 Å². The summed E-state index contributed by atoms with van der Waals surface area (Å²) < 4.78 is 21.8. The minimum Gasteiger partial charge on any atom is -0.397 e. The molecule has 0 unspecified atom stereocenters. The minimum absolute atomic E-state index is 0.560. The lowest BCUT2D eigenvalue weighted by molar-refractivity contribution is 0.144. The summed E-state index contributed by atoms with van der Waals surface area (Å²) in [4.78, 5) is 0. The lowest BCUT2D eigenvalue weighted by Crippen LogP contribution is -2.42. The molecule has 0 aromatic carbocycles. The largest absolute Gasteiger partial charge is 0.397 e. The first-order chi connectivity index (χ1) is 8.24. The first kappa shape index (κ1) is 16.5. The van der Waals surface area contributed by atoms with Crippen LogP contribution in [-0.2, 0) is 18.3 Å². The molecule has 4 nitrogen and oxygen atoms in total. The molecule has 100 valence electrons. The molecular formula is C12H24O4Si. The van der Waals surface area contributed by atoms with Crippen molar-refractivity contribution in [2.24, 2.45) is 0 Å². The van der Waals surface area contributed by atoms with Gasteiger partial charge in [0.05, 0.1) is 13.2 Å². The van der Waals surface area contributed by atoms with Crippen molar-refractivity contribution in [3.05, 3.63) is 25.3 Å². The second kappa shape index (κ2) is 10.7. The third kappa shape index (κ3) is 7.46. The van der Waals surface area contributed by atoms with Crippen LogP contribution in [0.25, 0.3) is 0 Å². The highest BCUT2D eigenvalue weighted by Gasteiger charge is 2.34. The minimum atomic E-state index is -2.16. The van der Waals surface area contributed by atoms with Crippen LogP contribution in [-0.4, -0.2) is 49.2 Å². The van der Waals surface area contributed by atoms with Crippen LogP contribution in [0.3, 0.4) is 0 Å². The van der Waals surface area contributed by atoms with Crippen LogP contribution in [0.5, 0.6) is 0 Å². The lowest BCUT2D eigenvalue weighted by atomic mass is 10.7. The zero-order chi connectivity index (χ0) is 13.0. The van der Waals surface area contributed by atoms with Crippen LogP contribution in [0.4, 0.5) is 0 Å². The molecule has 0 N–H and O–H groups in total. The highest BCUT2D eigenvalue weighted by Crippen LogP contribution is 2.17.